The lowest BCUT2D eigenvalue weighted by molar-refractivity contribution is -0.385. The lowest BCUT2D eigenvalue weighted by atomic mass is 10.2. The van der Waals surface area contributed by atoms with Crippen LogP contribution in [0.3, 0.4) is 0 Å². The van der Waals surface area contributed by atoms with Crippen molar-refractivity contribution >= 4 is 35.1 Å². The predicted molar refractivity (Wildman–Crippen MR) is 130 cm³/mol. The summed E-state index contributed by atoms with van der Waals surface area (Å²) in [5.74, 6) is 1.28. The van der Waals surface area contributed by atoms with Gasteiger partial charge in [-0.25, -0.2) is 9.97 Å². The molecule has 0 bridgehead atoms. The van der Waals surface area contributed by atoms with E-state index in [-0.39, 0.29) is 17.4 Å². The van der Waals surface area contributed by atoms with Gasteiger partial charge in [-0.1, -0.05) is 17.7 Å². The molecule has 11 nitrogen and oxygen atoms in total. The number of ether oxygens (including phenoxy) is 1. The summed E-state index contributed by atoms with van der Waals surface area (Å²) >= 11 is 6.12. The van der Waals surface area contributed by atoms with Crippen molar-refractivity contribution in [3.8, 4) is 11.6 Å². The van der Waals surface area contributed by atoms with Crippen molar-refractivity contribution in [2.45, 2.75) is 0 Å². The molecule has 0 aliphatic carbocycles. The molecule has 1 fully saturated rings. The van der Waals surface area contributed by atoms with E-state index in [1.165, 1.54) is 6.33 Å². The molecule has 2 aromatic heterocycles. The van der Waals surface area contributed by atoms with Crippen molar-refractivity contribution in [1.82, 2.24) is 20.0 Å². The molecule has 34 heavy (non-hydrogen) atoms. The van der Waals surface area contributed by atoms with E-state index in [0.29, 0.717) is 42.5 Å². The number of rotatable bonds is 7. The minimum absolute atomic E-state index is 0.149. The van der Waals surface area contributed by atoms with Crippen molar-refractivity contribution in [3.05, 3.63) is 69.6 Å². The van der Waals surface area contributed by atoms with Gasteiger partial charge >= 0.3 is 11.6 Å². The molecule has 0 spiro atoms. The summed E-state index contributed by atoms with van der Waals surface area (Å²) in [6.45, 7) is 2.37. The topological polar surface area (TPSA) is 113 Å². The van der Waals surface area contributed by atoms with Gasteiger partial charge in [0.25, 0.3) is 0 Å². The smallest absolute Gasteiger partial charge is 0.373 e. The fraction of sp³-hybridized carbons (Fsp3) is 0.273. The molecule has 0 amide bonds. The predicted octanol–water partition coefficient (Wildman–Crippen LogP) is 3.45. The van der Waals surface area contributed by atoms with E-state index in [2.05, 4.69) is 25.0 Å². The van der Waals surface area contributed by atoms with Gasteiger partial charge in [-0.3, -0.25) is 10.1 Å². The van der Waals surface area contributed by atoms with Crippen LogP contribution in [0.4, 0.5) is 17.3 Å². The quantitative estimate of drug-likeness (QED) is 0.284. The normalized spacial score (nSPS) is 13.9. The van der Waals surface area contributed by atoms with Crippen LogP contribution < -0.4 is 14.5 Å². The number of benzene rings is 1. The van der Waals surface area contributed by atoms with Gasteiger partial charge in [0.05, 0.1) is 11.1 Å². The molecule has 12 heteroatoms. The first kappa shape index (κ1) is 23.2. The molecule has 3 heterocycles. The van der Waals surface area contributed by atoms with Crippen molar-refractivity contribution in [1.29, 1.82) is 0 Å². The van der Waals surface area contributed by atoms with E-state index in [1.807, 2.05) is 23.1 Å². The molecule has 0 saturated carbocycles. The van der Waals surface area contributed by atoms with Gasteiger partial charge in [-0.2, -0.15) is 10.1 Å². The lowest BCUT2D eigenvalue weighted by Gasteiger charge is -2.35. The van der Waals surface area contributed by atoms with Crippen LogP contribution in [0, 0.1) is 10.1 Å². The lowest BCUT2D eigenvalue weighted by Crippen LogP contribution is -2.47. The summed E-state index contributed by atoms with van der Waals surface area (Å²) in [5.41, 5.74) is 0.263. The van der Waals surface area contributed by atoms with E-state index < -0.39 is 4.92 Å². The van der Waals surface area contributed by atoms with Gasteiger partial charge in [0.2, 0.25) is 5.82 Å². The Labute approximate surface area is 201 Å². The molecule has 0 atom stereocenters. The highest BCUT2D eigenvalue weighted by atomic mass is 35.5. The number of hydrazone groups is 1. The third-order valence-corrected chi connectivity index (χ3v) is 5.35. The van der Waals surface area contributed by atoms with Crippen LogP contribution in [0.1, 0.15) is 5.56 Å². The Hall–Kier alpha value is -3.99. The SMILES string of the molecule is CN(C)/N=C/c1cc(Cl)ccc1Oc1ncnc(N2CCN(c3ccccn3)CC2)c1[N+](=O)[O-]. The minimum Gasteiger partial charge on any atom is -0.433 e. The van der Waals surface area contributed by atoms with Crippen molar-refractivity contribution in [2.75, 3.05) is 50.1 Å². The monoisotopic (exact) mass is 482 g/mol. The maximum atomic E-state index is 12.1. The molecule has 0 N–H and O–H groups in total. The molecule has 3 aromatic rings. The number of anilines is 2. The summed E-state index contributed by atoms with van der Waals surface area (Å²) in [5, 5.41) is 18.4. The Kier molecular flexibility index (Phi) is 7.02. The first-order valence-corrected chi connectivity index (χ1v) is 10.9. The molecule has 0 radical (unpaired) electrons. The third kappa shape index (κ3) is 5.31. The summed E-state index contributed by atoms with van der Waals surface area (Å²) in [6.07, 6.45) is 4.58. The van der Waals surface area contributed by atoms with Crippen LogP contribution >= 0.6 is 11.6 Å². The van der Waals surface area contributed by atoms with Crippen LogP contribution in [0.2, 0.25) is 5.02 Å². The van der Waals surface area contributed by atoms with Crippen LogP contribution in [0.25, 0.3) is 0 Å². The number of pyridine rings is 1. The molecule has 1 aliphatic heterocycles. The van der Waals surface area contributed by atoms with Crippen molar-refractivity contribution < 1.29 is 9.66 Å². The highest BCUT2D eigenvalue weighted by Gasteiger charge is 2.31. The number of nitro groups is 1. The fourth-order valence-corrected chi connectivity index (χ4v) is 3.68. The molecular weight excluding hydrogens is 460 g/mol. The van der Waals surface area contributed by atoms with Gasteiger partial charge in [0.1, 0.15) is 17.9 Å². The van der Waals surface area contributed by atoms with Gasteiger partial charge in [0.15, 0.2) is 0 Å². The Morgan fingerprint density at radius 1 is 1.12 bits per heavy atom. The second-order valence-corrected chi connectivity index (χ2v) is 8.08. The summed E-state index contributed by atoms with van der Waals surface area (Å²) in [7, 11) is 3.55. The third-order valence-electron chi connectivity index (χ3n) is 5.11. The van der Waals surface area contributed by atoms with Crippen LogP contribution in [0.5, 0.6) is 11.6 Å². The highest BCUT2D eigenvalue weighted by molar-refractivity contribution is 6.30. The van der Waals surface area contributed by atoms with E-state index in [0.717, 1.165) is 5.82 Å². The zero-order valence-electron chi connectivity index (χ0n) is 18.7. The second-order valence-electron chi connectivity index (χ2n) is 7.65. The molecule has 1 aromatic carbocycles. The standard InChI is InChI=1S/C22H23ClN8O3/c1-28(2)27-14-16-13-17(23)6-7-18(16)34-22-20(31(32)33)21(25-15-26-22)30-11-9-29(10-12-30)19-5-3-4-8-24-19/h3-8,13-15H,9-12H2,1-2H3/b27-14+. The largest absolute Gasteiger partial charge is 0.433 e. The number of hydrogen-bond donors (Lipinski definition) is 0. The van der Waals surface area contributed by atoms with Crippen molar-refractivity contribution in [3.63, 3.8) is 0 Å². The maximum absolute atomic E-state index is 12.1. The first-order chi connectivity index (χ1) is 16.4. The number of nitrogens with zero attached hydrogens (tertiary/aromatic N) is 8. The average Bonchev–Trinajstić information content (AvgIpc) is 2.84. The number of piperazine rings is 1. The zero-order chi connectivity index (χ0) is 24.1. The fourth-order valence-electron chi connectivity index (χ4n) is 3.50. The number of halogens is 1. The van der Waals surface area contributed by atoms with Crippen LogP contribution in [0.15, 0.2) is 54.0 Å². The van der Waals surface area contributed by atoms with Gasteiger partial charge in [0, 0.05) is 57.1 Å². The summed E-state index contributed by atoms with van der Waals surface area (Å²) < 4.78 is 5.90. The highest BCUT2D eigenvalue weighted by Crippen LogP contribution is 2.37. The van der Waals surface area contributed by atoms with Gasteiger partial charge in [-0.05, 0) is 30.3 Å². The Bertz CT molecular complexity index is 1180. The summed E-state index contributed by atoms with van der Waals surface area (Å²) in [4.78, 5) is 28.2. The second kappa shape index (κ2) is 10.3. The number of aromatic nitrogens is 3. The molecule has 1 saturated heterocycles. The van der Waals surface area contributed by atoms with Crippen LogP contribution in [-0.4, -0.2) is 71.4 Å². The minimum atomic E-state index is -0.515. The van der Waals surface area contributed by atoms with Crippen molar-refractivity contribution in [2.24, 2.45) is 5.10 Å². The van der Waals surface area contributed by atoms with Crippen LogP contribution in [-0.2, 0) is 0 Å². The van der Waals surface area contributed by atoms with E-state index in [4.69, 9.17) is 16.3 Å². The van der Waals surface area contributed by atoms with Gasteiger partial charge in [-0.15, -0.1) is 0 Å². The zero-order valence-corrected chi connectivity index (χ0v) is 19.5. The maximum Gasteiger partial charge on any atom is 0.373 e. The average molecular weight is 483 g/mol. The van der Waals surface area contributed by atoms with E-state index in [1.54, 1.807) is 49.7 Å². The van der Waals surface area contributed by atoms with E-state index in [9.17, 15) is 10.1 Å². The molecular formula is C22H23ClN8O3. The molecule has 0 unspecified atom stereocenters. The molecule has 4 rings (SSSR count). The summed E-state index contributed by atoms with van der Waals surface area (Å²) in [6, 6.07) is 10.7. The first-order valence-electron chi connectivity index (χ1n) is 10.5. The number of hydrogen-bond acceptors (Lipinski definition) is 10. The Balaban J connectivity index is 1.60. The Morgan fingerprint density at radius 3 is 2.56 bits per heavy atom. The van der Waals surface area contributed by atoms with E-state index >= 15 is 0 Å². The van der Waals surface area contributed by atoms with Gasteiger partial charge < -0.3 is 19.5 Å². The Morgan fingerprint density at radius 2 is 1.88 bits per heavy atom. The molecule has 1 aliphatic rings. The molecule has 176 valence electrons.